The zero-order valence-electron chi connectivity index (χ0n) is 8.25. The molecule has 15 heavy (non-hydrogen) atoms. The molecule has 0 saturated carbocycles. The lowest BCUT2D eigenvalue weighted by Gasteiger charge is -2.01. The number of hydrogen-bond acceptors (Lipinski definition) is 6. The first-order valence-electron chi connectivity index (χ1n) is 4.56. The molecule has 0 amide bonds. The minimum atomic E-state index is 0.218. The van der Waals surface area contributed by atoms with Crippen molar-refractivity contribution in [1.82, 2.24) is 24.9 Å². The monoisotopic (exact) mass is 202 g/mol. The van der Waals surface area contributed by atoms with Gasteiger partial charge >= 0.3 is 0 Å². The number of anilines is 1. The molecule has 0 spiro atoms. The molecule has 6 nitrogen and oxygen atoms in total. The Bertz CT molecular complexity index is 455. The lowest BCUT2D eigenvalue weighted by Crippen LogP contribution is -2.04. The second-order valence-electron chi connectivity index (χ2n) is 2.88. The van der Waals surface area contributed by atoms with Gasteiger partial charge in [0.05, 0.1) is 0 Å². The Morgan fingerprint density at radius 3 is 2.80 bits per heavy atom. The van der Waals surface area contributed by atoms with Crippen LogP contribution in [-0.2, 0) is 6.42 Å². The average Bonchev–Trinajstić information content (AvgIpc) is 2.29. The second kappa shape index (κ2) is 3.95. The lowest BCUT2D eigenvalue weighted by atomic mass is 10.3. The van der Waals surface area contributed by atoms with Crippen LogP contribution in [0.1, 0.15) is 12.7 Å². The fraction of sp³-hybridized carbons (Fsp3) is 0.222. The third-order valence-corrected chi connectivity index (χ3v) is 1.83. The maximum Gasteiger partial charge on any atom is 0.223 e. The van der Waals surface area contributed by atoms with Crippen LogP contribution in [0.5, 0.6) is 0 Å². The summed E-state index contributed by atoms with van der Waals surface area (Å²) in [5, 5.41) is 0. The van der Waals surface area contributed by atoms with Crippen molar-refractivity contribution >= 4 is 5.95 Å². The maximum atomic E-state index is 5.57. The van der Waals surface area contributed by atoms with Gasteiger partial charge in [-0.2, -0.15) is 9.97 Å². The quantitative estimate of drug-likeness (QED) is 0.761. The molecule has 0 unspecified atom stereocenters. The molecule has 0 aromatic carbocycles. The van der Waals surface area contributed by atoms with Crippen molar-refractivity contribution in [2.75, 3.05) is 5.73 Å². The van der Waals surface area contributed by atoms with E-state index in [1.165, 1.54) is 6.33 Å². The van der Waals surface area contributed by atoms with Crippen LogP contribution in [0.2, 0.25) is 0 Å². The Hall–Kier alpha value is -2.11. The van der Waals surface area contributed by atoms with Crippen molar-refractivity contribution in [2.24, 2.45) is 0 Å². The molecule has 2 aromatic rings. The van der Waals surface area contributed by atoms with Crippen molar-refractivity contribution in [3.63, 3.8) is 0 Å². The molecule has 0 fully saturated rings. The number of rotatable bonds is 2. The molecular formula is C9H10N6. The number of hydrogen-bond donors (Lipinski definition) is 1. The fourth-order valence-corrected chi connectivity index (χ4v) is 1.13. The van der Waals surface area contributed by atoms with Gasteiger partial charge in [0.1, 0.15) is 17.8 Å². The molecular weight excluding hydrogens is 192 g/mol. The lowest BCUT2D eigenvalue weighted by molar-refractivity contribution is 0.908. The Morgan fingerprint density at radius 1 is 1.27 bits per heavy atom. The summed E-state index contributed by atoms with van der Waals surface area (Å²) < 4.78 is 0. The van der Waals surface area contributed by atoms with Gasteiger partial charge in [-0.05, 0) is 6.07 Å². The molecule has 0 atom stereocenters. The van der Waals surface area contributed by atoms with Crippen LogP contribution in [0.4, 0.5) is 5.95 Å². The summed E-state index contributed by atoms with van der Waals surface area (Å²) in [5.41, 5.74) is 6.21. The van der Waals surface area contributed by atoms with Gasteiger partial charge < -0.3 is 5.73 Å². The molecule has 6 heteroatoms. The van der Waals surface area contributed by atoms with Gasteiger partial charge in [-0.25, -0.2) is 15.0 Å². The molecule has 2 rings (SSSR count). The van der Waals surface area contributed by atoms with Crippen LogP contribution < -0.4 is 5.73 Å². The molecule has 0 aliphatic rings. The van der Waals surface area contributed by atoms with Gasteiger partial charge in [0.15, 0.2) is 5.82 Å². The molecule has 0 aliphatic heterocycles. The first kappa shape index (κ1) is 9.45. The van der Waals surface area contributed by atoms with E-state index in [1.807, 2.05) is 6.92 Å². The third-order valence-electron chi connectivity index (χ3n) is 1.83. The van der Waals surface area contributed by atoms with Gasteiger partial charge in [-0.1, -0.05) is 6.92 Å². The average molecular weight is 202 g/mol. The number of nitrogen functional groups attached to an aromatic ring is 1. The molecule has 76 valence electrons. The first-order valence-corrected chi connectivity index (χ1v) is 4.56. The van der Waals surface area contributed by atoms with E-state index in [2.05, 4.69) is 24.9 Å². The highest BCUT2D eigenvalue weighted by molar-refractivity contribution is 5.48. The van der Waals surface area contributed by atoms with Gasteiger partial charge in [0.25, 0.3) is 0 Å². The van der Waals surface area contributed by atoms with Crippen LogP contribution in [0.15, 0.2) is 18.6 Å². The fourth-order valence-electron chi connectivity index (χ4n) is 1.13. The summed E-state index contributed by atoms with van der Waals surface area (Å²) in [5.74, 6) is 1.37. The molecule has 2 N–H and O–H groups in total. The van der Waals surface area contributed by atoms with Crippen LogP contribution in [0, 0.1) is 0 Å². The van der Waals surface area contributed by atoms with Crippen LogP contribution in [-0.4, -0.2) is 24.9 Å². The zero-order chi connectivity index (χ0) is 10.7. The highest BCUT2D eigenvalue weighted by Gasteiger charge is 2.05. The van der Waals surface area contributed by atoms with Crippen LogP contribution in [0.25, 0.3) is 11.5 Å². The number of aryl methyl sites for hydroxylation is 1. The van der Waals surface area contributed by atoms with E-state index in [9.17, 15) is 0 Å². The summed E-state index contributed by atoms with van der Waals surface area (Å²) in [7, 11) is 0. The minimum Gasteiger partial charge on any atom is -0.368 e. The normalized spacial score (nSPS) is 10.2. The summed E-state index contributed by atoms with van der Waals surface area (Å²) in [6, 6.07) is 1.73. The van der Waals surface area contributed by atoms with Gasteiger partial charge in [-0.3, -0.25) is 0 Å². The van der Waals surface area contributed by atoms with Gasteiger partial charge in [0, 0.05) is 12.6 Å². The van der Waals surface area contributed by atoms with E-state index in [1.54, 1.807) is 12.3 Å². The number of aromatic nitrogens is 5. The molecule has 0 bridgehead atoms. The second-order valence-corrected chi connectivity index (χ2v) is 2.88. The smallest absolute Gasteiger partial charge is 0.223 e. The Labute approximate surface area is 86.7 Å². The van der Waals surface area contributed by atoms with E-state index < -0.39 is 0 Å². The third kappa shape index (κ3) is 2.04. The summed E-state index contributed by atoms with van der Waals surface area (Å²) >= 11 is 0. The van der Waals surface area contributed by atoms with Gasteiger partial charge in [-0.15, -0.1) is 0 Å². The van der Waals surface area contributed by atoms with E-state index in [4.69, 9.17) is 5.73 Å². The number of nitrogens with two attached hydrogens (primary N) is 1. The van der Waals surface area contributed by atoms with Crippen molar-refractivity contribution in [3.05, 3.63) is 24.4 Å². The molecule has 0 aliphatic carbocycles. The predicted molar refractivity (Wildman–Crippen MR) is 54.6 cm³/mol. The van der Waals surface area contributed by atoms with E-state index in [0.29, 0.717) is 23.8 Å². The Kier molecular flexibility index (Phi) is 2.49. The Morgan fingerprint density at radius 2 is 2.13 bits per heavy atom. The summed E-state index contributed by atoms with van der Waals surface area (Å²) in [4.78, 5) is 20.1. The highest BCUT2D eigenvalue weighted by atomic mass is 15.1. The summed E-state index contributed by atoms with van der Waals surface area (Å²) in [6.07, 6.45) is 3.79. The van der Waals surface area contributed by atoms with Crippen molar-refractivity contribution in [3.8, 4) is 11.5 Å². The largest absolute Gasteiger partial charge is 0.368 e. The SMILES string of the molecule is CCc1nc(N)nc(-c2ccncn2)n1. The van der Waals surface area contributed by atoms with E-state index >= 15 is 0 Å². The maximum absolute atomic E-state index is 5.57. The molecule has 0 saturated heterocycles. The van der Waals surface area contributed by atoms with Crippen molar-refractivity contribution in [2.45, 2.75) is 13.3 Å². The van der Waals surface area contributed by atoms with Crippen LogP contribution in [0.3, 0.4) is 0 Å². The minimum absolute atomic E-state index is 0.218. The number of nitrogens with zero attached hydrogens (tertiary/aromatic N) is 5. The predicted octanol–water partition coefficient (Wildman–Crippen LogP) is 0.473. The topological polar surface area (TPSA) is 90.5 Å². The van der Waals surface area contributed by atoms with Crippen LogP contribution >= 0.6 is 0 Å². The van der Waals surface area contributed by atoms with E-state index in [0.717, 1.165) is 0 Å². The first-order chi connectivity index (χ1) is 7.29. The Balaban J connectivity index is 2.49. The zero-order valence-corrected chi connectivity index (χ0v) is 8.25. The van der Waals surface area contributed by atoms with E-state index in [-0.39, 0.29) is 5.95 Å². The molecule has 0 radical (unpaired) electrons. The van der Waals surface area contributed by atoms with Gasteiger partial charge in [0.2, 0.25) is 5.95 Å². The molecule has 2 heterocycles. The highest BCUT2D eigenvalue weighted by Crippen LogP contribution is 2.11. The standard InChI is InChI=1S/C9H10N6/c1-2-7-13-8(15-9(10)14-7)6-3-4-11-5-12-6/h3-5H,2H2,1H3,(H2,10,13,14,15). The van der Waals surface area contributed by atoms with Crippen molar-refractivity contribution in [1.29, 1.82) is 0 Å². The van der Waals surface area contributed by atoms with Crippen molar-refractivity contribution < 1.29 is 0 Å². The molecule has 2 aromatic heterocycles. The summed E-state index contributed by atoms with van der Waals surface area (Å²) in [6.45, 7) is 1.96.